The summed E-state index contributed by atoms with van der Waals surface area (Å²) in [5.74, 6) is 0.850. The van der Waals surface area contributed by atoms with E-state index in [9.17, 15) is 9.59 Å². The van der Waals surface area contributed by atoms with Crippen LogP contribution in [0.15, 0.2) is 30.3 Å². The number of piperidine rings is 1. The number of nitrogens with one attached hydrogen (secondary N) is 1. The Hall–Kier alpha value is -2.63. The van der Waals surface area contributed by atoms with Crippen molar-refractivity contribution in [3.63, 3.8) is 0 Å². The van der Waals surface area contributed by atoms with Gasteiger partial charge in [0.2, 0.25) is 11.8 Å². The van der Waals surface area contributed by atoms with Crippen LogP contribution in [0, 0.1) is 11.8 Å². The number of nitrogens with zero attached hydrogens (tertiary/aromatic N) is 3. The van der Waals surface area contributed by atoms with E-state index in [0.717, 1.165) is 41.7 Å². The van der Waals surface area contributed by atoms with E-state index in [4.69, 9.17) is 0 Å². The Bertz CT molecular complexity index is 863. The highest BCUT2D eigenvalue weighted by Crippen LogP contribution is 2.23. The van der Waals surface area contributed by atoms with Crippen molar-refractivity contribution in [1.29, 1.82) is 0 Å². The standard InChI is InChI=1S/C22H30N4O2/c1-15(2)22(28)26-11-7-8-16(14-26)21(27)23-13-17-12-20(25(3)4)24-19-10-6-5-9-18(17)19/h5-6,9-10,12,15-16H,7-8,11,13-14H2,1-4H3,(H,23,27)/t16-/m1/s1. The quantitative estimate of drug-likeness (QED) is 0.864. The molecule has 2 aromatic rings. The number of aromatic nitrogens is 1. The molecule has 0 spiro atoms. The number of rotatable bonds is 5. The third kappa shape index (κ3) is 4.43. The molecule has 1 saturated heterocycles. The van der Waals surface area contributed by atoms with Crippen molar-refractivity contribution in [2.45, 2.75) is 33.2 Å². The summed E-state index contributed by atoms with van der Waals surface area (Å²) >= 11 is 0. The van der Waals surface area contributed by atoms with E-state index in [1.54, 1.807) is 0 Å². The molecule has 1 aliphatic rings. The van der Waals surface area contributed by atoms with Crippen LogP contribution in [0.3, 0.4) is 0 Å². The molecule has 1 aromatic carbocycles. The average molecular weight is 383 g/mol. The highest BCUT2D eigenvalue weighted by molar-refractivity contribution is 5.85. The Kier molecular flexibility index (Phi) is 6.17. The van der Waals surface area contributed by atoms with Gasteiger partial charge in [-0.15, -0.1) is 0 Å². The molecular weight excluding hydrogens is 352 g/mol. The maximum absolute atomic E-state index is 12.8. The van der Waals surface area contributed by atoms with Crippen LogP contribution in [0.5, 0.6) is 0 Å². The first kappa shape index (κ1) is 20.1. The van der Waals surface area contributed by atoms with E-state index in [-0.39, 0.29) is 23.7 Å². The molecule has 1 fully saturated rings. The van der Waals surface area contributed by atoms with E-state index < -0.39 is 0 Å². The highest BCUT2D eigenvalue weighted by atomic mass is 16.2. The van der Waals surface area contributed by atoms with Crippen molar-refractivity contribution in [3.05, 3.63) is 35.9 Å². The normalized spacial score (nSPS) is 17.0. The van der Waals surface area contributed by atoms with Gasteiger partial charge in [0.1, 0.15) is 5.82 Å². The van der Waals surface area contributed by atoms with Gasteiger partial charge in [-0.2, -0.15) is 0 Å². The van der Waals surface area contributed by atoms with Gasteiger partial charge in [0, 0.05) is 45.0 Å². The molecule has 2 heterocycles. The largest absolute Gasteiger partial charge is 0.363 e. The lowest BCUT2D eigenvalue weighted by molar-refractivity contribution is -0.138. The van der Waals surface area contributed by atoms with E-state index >= 15 is 0 Å². The monoisotopic (exact) mass is 382 g/mol. The predicted molar refractivity (Wildman–Crippen MR) is 112 cm³/mol. The molecule has 6 heteroatoms. The van der Waals surface area contributed by atoms with E-state index in [1.165, 1.54) is 0 Å². The number of carbonyl (C=O) groups is 2. The lowest BCUT2D eigenvalue weighted by atomic mass is 9.96. The van der Waals surface area contributed by atoms with Crippen LogP contribution >= 0.6 is 0 Å². The predicted octanol–water partition coefficient (Wildman–Crippen LogP) is 2.81. The Balaban J connectivity index is 1.71. The van der Waals surface area contributed by atoms with Gasteiger partial charge in [-0.1, -0.05) is 32.0 Å². The molecule has 3 rings (SSSR count). The lowest BCUT2D eigenvalue weighted by Crippen LogP contribution is -2.46. The van der Waals surface area contributed by atoms with E-state index in [2.05, 4.69) is 10.3 Å². The molecule has 0 bridgehead atoms. The fourth-order valence-corrected chi connectivity index (χ4v) is 3.69. The van der Waals surface area contributed by atoms with Crippen LogP contribution in [-0.2, 0) is 16.1 Å². The number of benzene rings is 1. The van der Waals surface area contributed by atoms with Gasteiger partial charge in [-0.05, 0) is 30.5 Å². The van der Waals surface area contributed by atoms with E-state index in [0.29, 0.717) is 13.1 Å². The first-order chi connectivity index (χ1) is 13.4. The van der Waals surface area contributed by atoms with Gasteiger partial charge < -0.3 is 15.1 Å². The second-order valence-electron chi connectivity index (χ2n) is 8.05. The van der Waals surface area contributed by atoms with Crippen molar-refractivity contribution in [2.75, 3.05) is 32.1 Å². The maximum Gasteiger partial charge on any atom is 0.225 e. The molecule has 1 N–H and O–H groups in total. The zero-order valence-corrected chi connectivity index (χ0v) is 17.2. The summed E-state index contributed by atoms with van der Waals surface area (Å²) < 4.78 is 0. The second kappa shape index (κ2) is 8.59. The van der Waals surface area contributed by atoms with Crippen molar-refractivity contribution >= 4 is 28.5 Å². The fourth-order valence-electron chi connectivity index (χ4n) is 3.69. The van der Waals surface area contributed by atoms with Gasteiger partial charge in [0.05, 0.1) is 11.4 Å². The molecule has 28 heavy (non-hydrogen) atoms. The topological polar surface area (TPSA) is 65.5 Å². The van der Waals surface area contributed by atoms with Crippen molar-refractivity contribution < 1.29 is 9.59 Å². The fraction of sp³-hybridized carbons (Fsp3) is 0.500. The van der Waals surface area contributed by atoms with Crippen LogP contribution in [0.1, 0.15) is 32.3 Å². The average Bonchev–Trinajstić information content (AvgIpc) is 2.70. The van der Waals surface area contributed by atoms with Gasteiger partial charge in [-0.3, -0.25) is 9.59 Å². The second-order valence-corrected chi connectivity index (χ2v) is 8.05. The molecule has 0 saturated carbocycles. The Morgan fingerprint density at radius 2 is 2.04 bits per heavy atom. The summed E-state index contributed by atoms with van der Waals surface area (Å²) in [6.07, 6.45) is 1.70. The zero-order chi connectivity index (χ0) is 20.3. The molecule has 0 aliphatic carbocycles. The van der Waals surface area contributed by atoms with Gasteiger partial charge in [0.25, 0.3) is 0 Å². The van der Waals surface area contributed by atoms with Crippen molar-refractivity contribution in [3.8, 4) is 0 Å². The van der Waals surface area contributed by atoms with Crippen molar-refractivity contribution in [2.24, 2.45) is 11.8 Å². The summed E-state index contributed by atoms with van der Waals surface area (Å²) in [5, 5.41) is 4.14. The molecule has 1 aromatic heterocycles. The first-order valence-electron chi connectivity index (χ1n) is 9.99. The Labute approximate surface area is 166 Å². The number of carbonyl (C=O) groups excluding carboxylic acids is 2. The molecular formula is C22H30N4O2. The minimum Gasteiger partial charge on any atom is -0.363 e. The number of anilines is 1. The third-order valence-corrected chi connectivity index (χ3v) is 5.30. The van der Waals surface area contributed by atoms with Crippen LogP contribution < -0.4 is 10.2 Å². The molecule has 2 amide bonds. The number of likely N-dealkylation sites (tertiary alicyclic amines) is 1. The highest BCUT2D eigenvalue weighted by Gasteiger charge is 2.29. The summed E-state index contributed by atoms with van der Waals surface area (Å²) in [6.45, 7) is 5.54. The van der Waals surface area contributed by atoms with Crippen LogP contribution in [-0.4, -0.2) is 48.9 Å². The van der Waals surface area contributed by atoms with Gasteiger partial charge in [0.15, 0.2) is 0 Å². The molecule has 1 aliphatic heterocycles. The number of pyridine rings is 1. The summed E-state index contributed by atoms with van der Waals surface area (Å²) in [5.41, 5.74) is 1.97. The molecule has 0 unspecified atom stereocenters. The number of hydrogen-bond donors (Lipinski definition) is 1. The number of para-hydroxylation sites is 1. The molecule has 0 radical (unpaired) electrons. The van der Waals surface area contributed by atoms with Crippen molar-refractivity contribution in [1.82, 2.24) is 15.2 Å². The van der Waals surface area contributed by atoms with Crippen LogP contribution in [0.4, 0.5) is 5.82 Å². The Morgan fingerprint density at radius 1 is 1.29 bits per heavy atom. The summed E-state index contributed by atoms with van der Waals surface area (Å²) in [4.78, 5) is 33.5. The molecule has 1 atom stereocenters. The van der Waals surface area contributed by atoms with Gasteiger partial charge in [-0.25, -0.2) is 4.98 Å². The summed E-state index contributed by atoms with van der Waals surface area (Å²) in [6, 6.07) is 10.0. The van der Waals surface area contributed by atoms with Gasteiger partial charge >= 0.3 is 0 Å². The summed E-state index contributed by atoms with van der Waals surface area (Å²) in [7, 11) is 3.92. The molecule has 6 nitrogen and oxygen atoms in total. The first-order valence-corrected chi connectivity index (χ1v) is 9.99. The minimum absolute atomic E-state index is 0.0218. The van der Waals surface area contributed by atoms with Crippen LogP contribution in [0.25, 0.3) is 10.9 Å². The smallest absolute Gasteiger partial charge is 0.225 e. The number of hydrogen-bond acceptors (Lipinski definition) is 4. The SMILES string of the molecule is CC(C)C(=O)N1CCC[C@@H](C(=O)NCc2cc(N(C)C)nc3ccccc23)C1. The maximum atomic E-state index is 12.8. The zero-order valence-electron chi connectivity index (χ0n) is 17.2. The third-order valence-electron chi connectivity index (χ3n) is 5.30. The number of amides is 2. The number of fused-ring (bicyclic) bond motifs is 1. The Morgan fingerprint density at radius 3 is 2.75 bits per heavy atom. The van der Waals surface area contributed by atoms with E-state index in [1.807, 2.05) is 68.1 Å². The molecule has 150 valence electrons. The lowest BCUT2D eigenvalue weighted by Gasteiger charge is -2.33. The minimum atomic E-state index is -0.141. The van der Waals surface area contributed by atoms with Crippen LogP contribution in [0.2, 0.25) is 0 Å².